The fourth-order valence-corrected chi connectivity index (χ4v) is 3.03. The zero-order chi connectivity index (χ0) is 21.9. The highest BCUT2D eigenvalue weighted by molar-refractivity contribution is 9.10. The second kappa shape index (κ2) is 12.1. The summed E-state index contributed by atoms with van der Waals surface area (Å²) in [4.78, 5) is 24.4. The van der Waals surface area contributed by atoms with Gasteiger partial charge in [-0.15, -0.1) is 0 Å². The van der Waals surface area contributed by atoms with Crippen molar-refractivity contribution in [2.45, 2.75) is 26.2 Å². The van der Waals surface area contributed by atoms with E-state index in [1.807, 2.05) is 0 Å². The van der Waals surface area contributed by atoms with Crippen LogP contribution in [0, 0.1) is 0 Å². The molecule has 2 aromatic carbocycles. The van der Waals surface area contributed by atoms with Crippen LogP contribution in [0.5, 0.6) is 11.5 Å². The van der Waals surface area contributed by atoms with Crippen LogP contribution in [-0.4, -0.2) is 30.6 Å². The maximum atomic E-state index is 12.4. The SMILES string of the molecule is CCCCOc1ccc(C(=O)NC(=S)NNC(=O)Cc2ccc(OC)cc2)cc1Br. The third-order valence-electron chi connectivity index (χ3n) is 4.02. The molecule has 0 saturated carbocycles. The van der Waals surface area contributed by atoms with Gasteiger partial charge in [-0.05, 0) is 70.5 Å². The van der Waals surface area contributed by atoms with E-state index in [0.29, 0.717) is 28.1 Å². The van der Waals surface area contributed by atoms with E-state index in [4.69, 9.17) is 21.7 Å². The molecular formula is C21H24BrN3O4S. The molecule has 2 aromatic rings. The molecule has 0 atom stereocenters. The molecule has 0 aliphatic rings. The Morgan fingerprint density at radius 1 is 1.10 bits per heavy atom. The highest BCUT2D eigenvalue weighted by atomic mass is 79.9. The van der Waals surface area contributed by atoms with Gasteiger partial charge in [0.25, 0.3) is 5.91 Å². The summed E-state index contributed by atoms with van der Waals surface area (Å²) in [6.07, 6.45) is 2.15. The van der Waals surface area contributed by atoms with Gasteiger partial charge in [-0.1, -0.05) is 25.5 Å². The first-order valence-electron chi connectivity index (χ1n) is 9.38. The van der Waals surface area contributed by atoms with Gasteiger partial charge < -0.3 is 9.47 Å². The molecule has 7 nitrogen and oxygen atoms in total. The molecule has 30 heavy (non-hydrogen) atoms. The molecule has 0 bridgehead atoms. The Balaban J connectivity index is 1.80. The number of carbonyl (C=O) groups excluding carboxylic acids is 2. The number of carbonyl (C=O) groups is 2. The third-order valence-corrected chi connectivity index (χ3v) is 4.84. The molecule has 2 amide bonds. The van der Waals surface area contributed by atoms with Crippen molar-refractivity contribution in [1.82, 2.24) is 16.2 Å². The Bertz CT molecular complexity index is 890. The van der Waals surface area contributed by atoms with Crippen molar-refractivity contribution in [1.29, 1.82) is 0 Å². The summed E-state index contributed by atoms with van der Waals surface area (Å²) in [5.74, 6) is 0.686. The summed E-state index contributed by atoms with van der Waals surface area (Å²) in [7, 11) is 1.58. The van der Waals surface area contributed by atoms with Gasteiger partial charge in [-0.2, -0.15) is 0 Å². The molecule has 0 saturated heterocycles. The van der Waals surface area contributed by atoms with E-state index in [0.717, 1.165) is 18.4 Å². The molecule has 0 aliphatic heterocycles. The van der Waals surface area contributed by atoms with Crippen LogP contribution in [-0.2, 0) is 11.2 Å². The van der Waals surface area contributed by atoms with Gasteiger partial charge >= 0.3 is 0 Å². The monoisotopic (exact) mass is 493 g/mol. The Hall–Kier alpha value is -2.65. The zero-order valence-electron chi connectivity index (χ0n) is 16.8. The molecular weight excluding hydrogens is 470 g/mol. The predicted molar refractivity (Wildman–Crippen MR) is 123 cm³/mol. The largest absolute Gasteiger partial charge is 0.497 e. The predicted octanol–water partition coefficient (Wildman–Crippen LogP) is 3.51. The van der Waals surface area contributed by atoms with Crippen LogP contribution in [0.3, 0.4) is 0 Å². The lowest BCUT2D eigenvalue weighted by Gasteiger charge is -2.12. The van der Waals surface area contributed by atoms with Crippen molar-refractivity contribution in [3.63, 3.8) is 0 Å². The number of ether oxygens (including phenoxy) is 2. The summed E-state index contributed by atoms with van der Waals surface area (Å²) in [5, 5.41) is 2.51. The van der Waals surface area contributed by atoms with Crippen LogP contribution in [0.4, 0.5) is 0 Å². The number of nitrogens with one attached hydrogen (secondary N) is 3. The first-order chi connectivity index (χ1) is 14.4. The van der Waals surface area contributed by atoms with Crippen LogP contribution in [0.1, 0.15) is 35.7 Å². The van der Waals surface area contributed by atoms with E-state index in [-0.39, 0.29) is 17.4 Å². The second-order valence-electron chi connectivity index (χ2n) is 6.33. The first-order valence-corrected chi connectivity index (χ1v) is 10.6. The van der Waals surface area contributed by atoms with Gasteiger partial charge in [-0.25, -0.2) is 0 Å². The average molecular weight is 494 g/mol. The molecule has 0 radical (unpaired) electrons. The molecule has 0 fully saturated rings. The van der Waals surface area contributed by atoms with Crippen LogP contribution in [0.15, 0.2) is 46.9 Å². The molecule has 9 heteroatoms. The van der Waals surface area contributed by atoms with Crippen LogP contribution in [0.25, 0.3) is 0 Å². The molecule has 2 rings (SSSR count). The lowest BCUT2D eigenvalue weighted by Crippen LogP contribution is -2.48. The molecule has 0 unspecified atom stereocenters. The average Bonchev–Trinajstić information content (AvgIpc) is 2.74. The minimum absolute atomic E-state index is 0.0116. The molecule has 0 spiro atoms. The van der Waals surface area contributed by atoms with E-state index < -0.39 is 5.91 Å². The number of benzene rings is 2. The number of thiocarbonyl (C=S) groups is 1. The van der Waals surface area contributed by atoms with Crippen molar-refractivity contribution in [2.75, 3.05) is 13.7 Å². The molecule has 160 valence electrons. The summed E-state index contributed by atoms with van der Waals surface area (Å²) in [5.41, 5.74) is 6.20. The minimum Gasteiger partial charge on any atom is -0.497 e. The third kappa shape index (κ3) is 7.64. The van der Waals surface area contributed by atoms with E-state index in [2.05, 4.69) is 39.0 Å². The topological polar surface area (TPSA) is 88.7 Å². The summed E-state index contributed by atoms with van der Waals surface area (Å²) < 4.78 is 11.4. The first kappa shape index (κ1) is 23.6. The van der Waals surface area contributed by atoms with Crippen molar-refractivity contribution < 1.29 is 19.1 Å². The minimum atomic E-state index is -0.405. The van der Waals surface area contributed by atoms with Crippen molar-refractivity contribution in [2.24, 2.45) is 0 Å². The Morgan fingerprint density at radius 2 is 1.83 bits per heavy atom. The lowest BCUT2D eigenvalue weighted by atomic mass is 10.1. The Labute approximate surface area is 189 Å². The molecule has 0 aromatic heterocycles. The lowest BCUT2D eigenvalue weighted by molar-refractivity contribution is -0.121. The fourth-order valence-electron chi connectivity index (χ4n) is 2.39. The number of amides is 2. The number of hydrazine groups is 1. The van der Waals surface area contributed by atoms with Crippen LogP contribution in [0.2, 0.25) is 0 Å². The van der Waals surface area contributed by atoms with E-state index >= 15 is 0 Å². The number of hydrogen-bond acceptors (Lipinski definition) is 5. The molecule has 0 aliphatic carbocycles. The van der Waals surface area contributed by atoms with Gasteiger partial charge in [-0.3, -0.25) is 25.8 Å². The van der Waals surface area contributed by atoms with E-state index in [1.54, 1.807) is 49.6 Å². The number of hydrogen-bond donors (Lipinski definition) is 3. The quantitative estimate of drug-likeness (QED) is 0.296. The summed E-state index contributed by atoms with van der Waals surface area (Å²) in [6, 6.07) is 12.2. The van der Waals surface area contributed by atoms with Crippen LogP contribution < -0.4 is 25.6 Å². The highest BCUT2D eigenvalue weighted by Gasteiger charge is 2.12. The van der Waals surface area contributed by atoms with Crippen molar-refractivity contribution in [3.8, 4) is 11.5 Å². The second-order valence-corrected chi connectivity index (χ2v) is 7.59. The molecule has 3 N–H and O–H groups in total. The van der Waals surface area contributed by atoms with E-state index in [9.17, 15) is 9.59 Å². The van der Waals surface area contributed by atoms with Gasteiger partial charge in [0, 0.05) is 5.56 Å². The normalized spacial score (nSPS) is 10.1. The van der Waals surface area contributed by atoms with Crippen molar-refractivity contribution in [3.05, 3.63) is 58.1 Å². The van der Waals surface area contributed by atoms with Gasteiger partial charge in [0.1, 0.15) is 11.5 Å². The summed E-state index contributed by atoms with van der Waals surface area (Å²) >= 11 is 8.47. The highest BCUT2D eigenvalue weighted by Crippen LogP contribution is 2.26. The van der Waals surface area contributed by atoms with Gasteiger partial charge in [0.05, 0.1) is 24.6 Å². The Morgan fingerprint density at radius 3 is 2.47 bits per heavy atom. The smallest absolute Gasteiger partial charge is 0.257 e. The number of methoxy groups -OCH3 is 1. The van der Waals surface area contributed by atoms with Crippen LogP contribution >= 0.6 is 28.1 Å². The molecule has 0 heterocycles. The maximum absolute atomic E-state index is 12.4. The van der Waals surface area contributed by atoms with Gasteiger partial charge in [0.15, 0.2) is 5.11 Å². The number of unbranched alkanes of at least 4 members (excludes halogenated alkanes) is 1. The van der Waals surface area contributed by atoms with Gasteiger partial charge in [0.2, 0.25) is 5.91 Å². The number of rotatable bonds is 8. The maximum Gasteiger partial charge on any atom is 0.257 e. The summed E-state index contributed by atoms with van der Waals surface area (Å²) in [6.45, 7) is 2.70. The Kier molecular flexibility index (Phi) is 9.56. The van der Waals surface area contributed by atoms with E-state index in [1.165, 1.54) is 0 Å². The number of halogens is 1. The van der Waals surface area contributed by atoms with Crippen molar-refractivity contribution >= 4 is 45.1 Å². The fraction of sp³-hybridized carbons (Fsp3) is 0.286. The zero-order valence-corrected chi connectivity index (χ0v) is 19.2. The standard InChI is InChI=1S/C21H24BrN3O4S/c1-3-4-11-29-18-10-7-15(13-17(18)22)20(27)23-21(30)25-24-19(26)12-14-5-8-16(28-2)9-6-14/h5-10,13H,3-4,11-12H2,1-2H3,(H,24,26)(H2,23,25,27,30).